The third-order valence-electron chi connectivity index (χ3n) is 5.08. The third-order valence-corrected chi connectivity index (χ3v) is 6.72. The summed E-state index contributed by atoms with van der Waals surface area (Å²) < 4.78 is 26.9. The molecule has 0 bridgehead atoms. The van der Waals surface area contributed by atoms with Crippen LogP contribution in [0.2, 0.25) is 0 Å². The van der Waals surface area contributed by atoms with Crippen LogP contribution >= 0.6 is 0 Å². The predicted molar refractivity (Wildman–Crippen MR) is 104 cm³/mol. The molecule has 0 spiro atoms. The number of aromatic nitrogens is 2. The molecule has 0 N–H and O–H groups in total. The van der Waals surface area contributed by atoms with Crippen LogP contribution in [0.25, 0.3) is 0 Å². The number of likely N-dealkylation sites (tertiary alicyclic amines) is 1. The molecule has 1 aromatic heterocycles. The summed E-state index contributed by atoms with van der Waals surface area (Å²) in [5.74, 6) is 0.0714. The Morgan fingerprint density at radius 1 is 0.962 bits per heavy atom. The van der Waals surface area contributed by atoms with Crippen LogP contribution in [0, 0.1) is 0 Å². The number of rotatable bonds is 6. The van der Waals surface area contributed by atoms with Crippen LogP contribution in [0.3, 0.4) is 0 Å². The first-order chi connectivity index (χ1) is 12.6. The molecule has 26 heavy (non-hydrogen) atoms. The van der Waals surface area contributed by atoms with E-state index in [-0.39, 0.29) is 10.9 Å². The Balaban J connectivity index is 1.88. The molecule has 1 aliphatic rings. The van der Waals surface area contributed by atoms with Crippen molar-refractivity contribution in [3.63, 3.8) is 0 Å². The highest BCUT2D eigenvalue weighted by atomic mass is 32.2. The summed E-state index contributed by atoms with van der Waals surface area (Å²) in [6.45, 7) is 5.13. The topological polar surface area (TPSA) is 55.2 Å². The smallest absolute Gasteiger partial charge is 0.228 e. The lowest BCUT2D eigenvalue weighted by molar-refractivity contribution is 0.234. The molecule has 1 aromatic carbocycles. The highest BCUT2D eigenvalue weighted by Gasteiger charge is 2.23. The van der Waals surface area contributed by atoms with Gasteiger partial charge in [-0.1, -0.05) is 56.5 Å². The number of hydrogen-bond donors (Lipinski definition) is 0. The minimum atomic E-state index is -3.35. The van der Waals surface area contributed by atoms with Crippen LogP contribution < -0.4 is 0 Å². The van der Waals surface area contributed by atoms with Gasteiger partial charge in [0.05, 0.1) is 24.2 Å². The van der Waals surface area contributed by atoms with Gasteiger partial charge in [-0.05, 0) is 31.5 Å². The van der Waals surface area contributed by atoms with E-state index in [1.54, 1.807) is 13.1 Å². The van der Waals surface area contributed by atoms with Crippen LogP contribution in [0.5, 0.6) is 0 Å². The van der Waals surface area contributed by atoms with E-state index in [0.717, 1.165) is 30.9 Å². The minimum absolute atomic E-state index is 0.0714. The summed E-state index contributed by atoms with van der Waals surface area (Å²) in [6, 6.07) is 10.0. The maximum absolute atomic E-state index is 12.5. The average molecular weight is 376 g/mol. The van der Waals surface area contributed by atoms with Crippen LogP contribution in [0.1, 0.15) is 50.3 Å². The maximum atomic E-state index is 12.5. The highest BCUT2D eigenvalue weighted by Crippen LogP contribution is 2.19. The molecule has 0 saturated carbocycles. The van der Waals surface area contributed by atoms with Crippen molar-refractivity contribution in [1.29, 1.82) is 0 Å². The molecule has 0 radical (unpaired) electrons. The molecule has 0 unspecified atom stereocenters. The van der Waals surface area contributed by atoms with Crippen LogP contribution in [-0.2, 0) is 22.9 Å². The van der Waals surface area contributed by atoms with Gasteiger partial charge in [0.25, 0.3) is 0 Å². The molecule has 0 aliphatic carbocycles. The molecule has 2 aromatic rings. The maximum Gasteiger partial charge on any atom is 0.228 e. The summed E-state index contributed by atoms with van der Waals surface area (Å²) in [6.07, 6.45) is 8.09. The summed E-state index contributed by atoms with van der Waals surface area (Å²) >= 11 is 0. The number of benzene rings is 1. The summed E-state index contributed by atoms with van der Waals surface area (Å²) in [4.78, 5) is 6.76. The zero-order chi connectivity index (χ0) is 18.4. The van der Waals surface area contributed by atoms with Crippen LogP contribution in [-0.4, -0.2) is 41.7 Å². The van der Waals surface area contributed by atoms with Crippen molar-refractivity contribution in [2.75, 3.05) is 18.8 Å². The van der Waals surface area contributed by atoms with E-state index < -0.39 is 9.84 Å². The SMILES string of the molecule is CCS(=O)(=O)c1ncc(CN2CCCCCCC2)n1Cc1ccccc1. The third kappa shape index (κ3) is 4.74. The standard InChI is InChI=1S/C20H29N3O2S/c1-2-26(24,25)20-21-15-19(17-22-13-9-4-3-5-10-14-22)23(20)16-18-11-7-6-8-12-18/h6-8,11-12,15H,2-5,9-10,13-14,16-17H2,1H3. The van der Waals surface area contributed by atoms with Gasteiger partial charge in [-0.25, -0.2) is 13.4 Å². The van der Waals surface area contributed by atoms with E-state index in [1.807, 2.05) is 34.9 Å². The van der Waals surface area contributed by atoms with Crippen LogP contribution in [0.15, 0.2) is 41.7 Å². The van der Waals surface area contributed by atoms with Gasteiger partial charge in [0, 0.05) is 6.54 Å². The Kier molecular flexibility index (Phi) is 6.48. The van der Waals surface area contributed by atoms with E-state index in [1.165, 1.54) is 32.1 Å². The number of hydrogen-bond acceptors (Lipinski definition) is 4. The first-order valence-electron chi connectivity index (χ1n) is 9.63. The zero-order valence-electron chi connectivity index (χ0n) is 15.6. The first kappa shape index (κ1) is 19.1. The Bertz CT molecular complexity index is 792. The summed E-state index contributed by atoms with van der Waals surface area (Å²) in [7, 11) is -3.35. The Labute approximate surface area is 157 Å². The molecular weight excluding hydrogens is 346 g/mol. The lowest BCUT2D eigenvalue weighted by Gasteiger charge is -2.25. The fourth-order valence-electron chi connectivity index (χ4n) is 3.53. The Morgan fingerprint density at radius 2 is 1.62 bits per heavy atom. The Hall–Kier alpha value is -1.66. The number of nitrogens with zero attached hydrogens (tertiary/aromatic N) is 3. The van der Waals surface area contributed by atoms with Crippen molar-refractivity contribution >= 4 is 9.84 Å². The molecule has 2 heterocycles. The first-order valence-corrected chi connectivity index (χ1v) is 11.3. The lowest BCUT2D eigenvalue weighted by atomic mass is 10.1. The monoisotopic (exact) mass is 375 g/mol. The van der Waals surface area contributed by atoms with Crippen LogP contribution in [0.4, 0.5) is 0 Å². The van der Waals surface area contributed by atoms with Crippen molar-refractivity contribution in [2.24, 2.45) is 0 Å². The normalized spacial score (nSPS) is 17.0. The van der Waals surface area contributed by atoms with Crippen molar-refractivity contribution < 1.29 is 8.42 Å². The van der Waals surface area contributed by atoms with Crippen molar-refractivity contribution in [2.45, 2.75) is 57.3 Å². The second-order valence-electron chi connectivity index (χ2n) is 7.05. The molecule has 1 saturated heterocycles. The molecule has 1 aliphatic heterocycles. The van der Waals surface area contributed by atoms with E-state index >= 15 is 0 Å². The number of sulfone groups is 1. The second kappa shape index (κ2) is 8.82. The largest absolute Gasteiger partial charge is 0.313 e. The van der Waals surface area contributed by atoms with Gasteiger partial charge in [-0.2, -0.15) is 0 Å². The van der Waals surface area contributed by atoms with E-state index in [4.69, 9.17) is 0 Å². The molecule has 5 nitrogen and oxygen atoms in total. The number of imidazole rings is 1. The van der Waals surface area contributed by atoms with E-state index in [0.29, 0.717) is 6.54 Å². The fraction of sp³-hybridized carbons (Fsp3) is 0.550. The summed E-state index contributed by atoms with van der Waals surface area (Å²) in [5.41, 5.74) is 2.08. The molecule has 6 heteroatoms. The van der Waals surface area contributed by atoms with Crippen molar-refractivity contribution in [1.82, 2.24) is 14.5 Å². The van der Waals surface area contributed by atoms with Crippen molar-refractivity contribution in [3.8, 4) is 0 Å². The van der Waals surface area contributed by atoms with Gasteiger partial charge in [0.15, 0.2) is 0 Å². The molecular formula is C20H29N3O2S. The van der Waals surface area contributed by atoms with Gasteiger partial charge in [-0.3, -0.25) is 4.90 Å². The average Bonchev–Trinajstić information content (AvgIpc) is 3.01. The highest BCUT2D eigenvalue weighted by molar-refractivity contribution is 7.91. The van der Waals surface area contributed by atoms with Crippen molar-refractivity contribution in [3.05, 3.63) is 47.8 Å². The van der Waals surface area contributed by atoms with Gasteiger partial charge < -0.3 is 4.57 Å². The lowest BCUT2D eigenvalue weighted by Crippen LogP contribution is -2.28. The molecule has 3 rings (SSSR count). The van der Waals surface area contributed by atoms with Gasteiger partial charge in [0.2, 0.25) is 15.0 Å². The molecule has 142 valence electrons. The van der Waals surface area contributed by atoms with E-state index in [9.17, 15) is 8.42 Å². The summed E-state index contributed by atoms with van der Waals surface area (Å²) in [5, 5.41) is 0.200. The Morgan fingerprint density at radius 3 is 2.27 bits per heavy atom. The zero-order valence-corrected chi connectivity index (χ0v) is 16.4. The second-order valence-corrected chi connectivity index (χ2v) is 9.22. The molecule has 1 fully saturated rings. The van der Waals surface area contributed by atoms with Gasteiger partial charge >= 0.3 is 0 Å². The fourth-order valence-corrected chi connectivity index (χ4v) is 4.52. The van der Waals surface area contributed by atoms with Gasteiger partial charge in [-0.15, -0.1) is 0 Å². The quantitative estimate of drug-likeness (QED) is 0.775. The van der Waals surface area contributed by atoms with E-state index in [2.05, 4.69) is 9.88 Å². The predicted octanol–water partition coefficient (Wildman–Crippen LogP) is 3.49. The minimum Gasteiger partial charge on any atom is -0.313 e. The molecule has 0 amide bonds. The van der Waals surface area contributed by atoms with Gasteiger partial charge in [0.1, 0.15) is 0 Å². The molecule has 0 atom stereocenters.